The maximum atomic E-state index is 13.0. The molecule has 0 fully saturated rings. The zero-order valence-corrected chi connectivity index (χ0v) is 53.4. The van der Waals surface area contributed by atoms with Crippen LogP contribution in [0, 0.1) is 0 Å². The van der Waals surface area contributed by atoms with Crippen molar-refractivity contribution in [2.24, 2.45) is 0 Å². The maximum Gasteiger partial charge on any atom is 0.306 e. The molecule has 83 heavy (non-hydrogen) atoms. The molecule has 0 aromatic carbocycles. The molecular weight excluding hydrogens is 1020 g/mol. The Morgan fingerprint density at radius 3 is 0.723 bits per heavy atom. The van der Waals surface area contributed by atoms with Gasteiger partial charge in [-0.3, -0.25) is 14.4 Å². The fraction of sp³-hybridized carbons (Fsp3) is 0.597. The summed E-state index contributed by atoms with van der Waals surface area (Å²) in [7, 11) is 0. The summed E-state index contributed by atoms with van der Waals surface area (Å²) in [5, 5.41) is 0. The van der Waals surface area contributed by atoms with E-state index in [1.807, 2.05) is 0 Å². The third-order valence-electron chi connectivity index (χ3n) is 13.7. The highest BCUT2D eigenvalue weighted by Gasteiger charge is 2.19. The molecule has 0 amide bonds. The molecule has 466 valence electrons. The number of allylic oxidation sites excluding steroid dienone is 28. The van der Waals surface area contributed by atoms with Crippen LogP contribution in [0.1, 0.15) is 278 Å². The molecule has 1 atom stereocenters. The van der Waals surface area contributed by atoms with Crippen molar-refractivity contribution in [1.29, 1.82) is 0 Å². The molecule has 0 saturated heterocycles. The molecule has 0 spiro atoms. The van der Waals surface area contributed by atoms with Gasteiger partial charge in [0.05, 0.1) is 0 Å². The third-order valence-corrected chi connectivity index (χ3v) is 13.7. The first-order valence-corrected chi connectivity index (χ1v) is 33.6. The number of carbonyl (C=O) groups is 3. The minimum atomic E-state index is -0.817. The maximum absolute atomic E-state index is 13.0. The third kappa shape index (κ3) is 67.4. The first kappa shape index (κ1) is 77.8. The summed E-state index contributed by atoms with van der Waals surface area (Å²) < 4.78 is 16.9. The summed E-state index contributed by atoms with van der Waals surface area (Å²) in [6, 6.07) is 0. The Hall–Kier alpha value is -5.23. The Morgan fingerprint density at radius 2 is 0.446 bits per heavy atom. The van der Waals surface area contributed by atoms with Gasteiger partial charge in [-0.05, 0) is 141 Å². The van der Waals surface area contributed by atoms with Crippen LogP contribution in [-0.2, 0) is 28.6 Å². The quantitative estimate of drug-likeness (QED) is 0.0261. The highest BCUT2D eigenvalue weighted by molar-refractivity contribution is 5.71. The molecule has 0 aliphatic carbocycles. The topological polar surface area (TPSA) is 78.9 Å². The summed E-state index contributed by atoms with van der Waals surface area (Å²) in [6.07, 6.45) is 102. The van der Waals surface area contributed by atoms with Crippen molar-refractivity contribution in [2.75, 3.05) is 13.2 Å². The van der Waals surface area contributed by atoms with Crippen LogP contribution in [-0.4, -0.2) is 37.2 Å². The van der Waals surface area contributed by atoms with E-state index < -0.39 is 6.10 Å². The number of hydrogen-bond donors (Lipinski definition) is 0. The number of rotatable bonds is 59. The van der Waals surface area contributed by atoms with Gasteiger partial charge in [-0.2, -0.15) is 0 Å². The van der Waals surface area contributed by atoms with Crippen molar-refractivity contribution in [3.8, 4) is 0 Å². The summed E-state index contributed by atoms with van der Waals surface area (Å²) >= 11 is 0. The predicted molar refractivity (Wildman–Crippen MR) is 361 cm³/mol. The SMILES string of the molecule is CC/C=C\C/C=C\C/C=C\C/C=C\C/C=C\CCCCCCCCCCCC(=O)OCC(COC(=O)CCC/C=C\C/C=C\C/C=C\C/C=C\C/C=C\CC)OC(=O)CCCCCCCCCCCC/C=C\C/C=C\C/C=C\C/C=C\CC. The van der Waals surface area contributed by atoms with Gasteiger partial charge in [0.25, 0.3) is 0 Å². The van der Waals surface area contributed by atoms with E-state index in [2.05, 4.69) is 191 Å². The molecule has 0 aliphatic rings. The zero-order valence-electron chi connectivity index (χ0n) is 53.4. The molecule has 6 nitrogen and oxygen atoms in total. The summed E-state index contributed by atoms with van der Waals surface area (Å²) in [5.74, 6) is -0.979. The lowest BCUT2D eigenvalue weighted by atomic mass is 10.0. The van der Waals surface area contributed by atoms with E-state index in [-0.39, 0.29) is 37.5 Å². The Morgan fingerprint density at radius 1 is 0.241 bits per heavy atom. The minimum Gasteiger partial charge on any atom is -0.462 e. The fourth-order valence-corrected chi connectivity index (χ4v) is 8.79. The van der Waals surface area contributed by atoms with Crippen molar-refractivity contribution in [2.45, 2.75) is 284 Å². The van der Waals surface area contributed by atoms with Gasteiger partial charge in [0.2, 0.25) is 0 Å². The molecule has 0 bridgehead atoms. The minimum absolute atomic E-state index is 0.108. The smallest absolute Gasteiger partial charge is 0.306 e. The number of ether oxygens (including phenoxy) is 3. The molecule has 6 heteroatoms. The summed E-state index contributed by atoms with van der Waals surface area (Å²) in [6.45, 7) is 6.25. The normalized spacial score (nSPS) is 13.2. The van der Waals surface area contributed by atoms with Gasteiger partial charge in [0, 0.05) is 19.3 Å². The second-order valence-electron chi connectivity index (χ2n) is 21.6. The summed E-state index contributed by atoms with van der Waals surface area (Å²) in [5.41, 5.74) is 0. The molecule has 0 aromatic rings. The van der Waals surface area contributed by atoms with Gasteiger partial charge in [0.1, 0.15) is 13.2 Å². The molecule has 0 N–H and O–H groups in total. The summed E-state index contributed by atoms with van der Waals surface area (Å²) in [4.78, 5) is 38.4. The molecular formula is C77H122O6. The lowest BCUT2D eigenvalue weighted by molar-refractivity contribution is -0.167. The van der Waals surface area contributed by atoms with Crippen LogP contribution in [0.15, 0.2) is 170 Å². The lowest BCUT2D eigenvalue weighted by Crippen LogP contribution is -2.30. The average molecular weight is 1140 g/mol. The van der Waals surface area contributed by atoms with E-state index in [4.69, 9.17) is 14.2 Å². The number of carbonyl (C=O) groups excluding carboxylic acids is 3. The van der Waals surface area contributed by atoms with Gasteiger partial charge in [0.15, 0.2) is 6.10 Å². The molecule has 0 saturated carbocycles. The largest absolute Gasteiger partial charge is 0.462 e. The Kier molecular flexibility index (Phi) is 64.9. The first-order chi connectivity index (χ1) is 41.0. The van der Waals surface area contributed by atoms with E-state index in [0.717, 1.165) is 141 Å². The van der Waals surface area contributed by atoms with Crippen LogP contribution in [0.3, 0.4) is 0 Å². The van der Waals surface area contributed by atoms with E-state index in [1.165, 1.54) is 89.9 Å². The van der Waals surface area contributed by atoms with Gasteiger partial charge in [-0.15, -0.1) is 0 Å². The fourth-order valence-electron chi connectivity index (χ4n) is 8.79. The van der Waals surface area contributed by atoms with Crippen molar-refractivity contribution in [3.05, 3.63) is 170 Å². The van der Waals surface area contributed by atoms with Gasteiger partial charge in [-0.1, -0.05) is 287 Å². The molecule has 0 rings (SSSR count). The zero-order chi connectivity index (χ0) is 59.9. The standard InChI is InChI=1S/C77H122O6/c1-4-7-10-13-16-19-22-25-28-31-33-35-37-38-40-41-43-46-49-52-55-58-61-64-67-70-76(79)82-73-74(72-81-75(78)69-66-63-60-57-54-51-48-45-30-27-24-21-18-15-12-9-6-3)83-77(80)71-68-65-62-59-56-53-50-47-44-42-39-36-34-32-29-26-23-20-17-14-11-8-5-2/h7-12,16-21,25-30,33-36,38,40,48,51,57,60,74H,4-6,13-15,22-24,31-32,37,39,41-47,49-50,52-56,58-59,61-73H2,1-3H3/b10-7-,11-8-,12-9-,19-16-,20-17-,21-18-,28-25-,29-26-,30-27-,35-33-,36-34-,40-38-,51-48-,60-57-. The number of unbranched alkanes of at least 4 members (excludes halogenated alkanes) is 20. The molecule has 0 heterocycles. The van der Waals surface area contributed by atoms with Gasteiger partial charge < -0.3 is 14.2 Å². The molecule has 0 radical (unpaired) electrons. The van der Waals surface area contributed by atoms with Gasteiger partial charge in [-0.25, -0.2) is 0 Å². The first-order valence-electron chi connectivity index (χ1n) is 33.6. The predicted octanol–water partition coefficient (Wildman–Crippen LogP) is 23.4. The van der Waals surface area contributed by atoms with Crippen molar-refractivity contribution < 1.29 is 28.6 Å². The highest BCUT2D eigenvalue weighted by Crippen LogP contribution is 2.15. The van der Waals surface area contributed by atoms with Crippen molar-refractivity contribution in [3.63, 3.8) is 0 Å². The highest BCUT2D eigenvalue weighted by atomic mass is 16.6. The number of esters is 3. The van der Waals surface area contributed by atoms with Gasteiger partial charge >= 0.3 is 17.9 Å². The van der Waals surface area contributed by atoms with Crippen molar-refractivity contribution in [1.82, 2.24) is 0 Å². The van der Waals surface area contributed by atoms with Crippen LogP contribution < -0.4 is 0 Å². The molecule has 0 aromatic heterocycles. The molecule has 1 unspecified atom stereocenters. The van der Waals surface area contributed by atoms with Crippen LogP contribution in [0.2, 0.25) is 0 Å². The number of hydrogen-bond acceptors (Lipinski definition) is 6. The van der Waals surface area contributed by atoms with Crippen molar-refractivity contribution >= 4 is 17.9 Å². The Bertz CT molecular complexity index is 1890. The van der Waals surface area contributed by atoms with Crippen LogP contribution in [0.4, 0.5) is 0 Å². The van der Waals surface area contributed by atoms with Crippen LogP contribution >= 0.6 is 0 Å². The van der Waals surface area contributed by atoms with Crippen LogP contribution in [0.25, 0.3) is 0 Å². The van der Waals surface area contributed by atoms with Crippen LogP contribution in [0.5, 0.6) is 0 Å². The monoisotopic (exact) mass is 1140 g/mol. The van der Waals surface area contributed by atoms with E-state index in [9.17, 15) is 14.4 Å². The molecule has 0 aliphatic heterocycles. The average Bonchev–Trinajstić information content (AvgIpc) is 3.49. The van der Waals surface area contributed by atoms with E-state index in [0.29, 0.717) is 19.3 Å². The van der Waals surface area contributed by atoms with E-state index in [1.54, 1.807) is 0 Å². The lowest BCUT2D eigenvalue weighted by Gasteiger charge is -2.18. The second kappa shape index (κ2) is 69.3. The Labute approximate surface area is 511 Å². The second-order valence-corrected chi connectivity index (χ2v) is 21.6. The van der Waals surface area contributed by atoms with E-state index >= 15 is 0 Å². The Balaban J connectivity index is 4.47.